The van der Waals surface area contributed by atoms with Gasteiger partial charge in [-0.05, 0) is 36.4 Å². The molecule has 0 aliphatic carbocycles. The minimum absolute atomic E-state index is 0.223. The predicted molar refractivity (Wildman–Crippen MR) is 80.6 cm³/mol. The highest BCUT2D eigenvalue weighted by molar-refractivity contribution is 7.95. The van der Waals surface area contributed by atoms with Gasteiger partial charge in [0, 0.05) is 11.9 Å². The molecule has 0 radical (unpaired) electrons. The molecule has 0 amide bonds. The second-order valence-electron chi connectivity index (χ2n) is 4.75. The topological polar surface area (TPSA) is 85.0 Å². The van der Waals surface area contributed by atoms with Gasteiger partial charge in [0.05, 0.1) is 22.2 Å². The summed E-state index contributed by atoms with van der Waals surface area (Å²) in [5.74, 6) is -0.711. The van der Waals surface area contributed by atoms with Gasteiger partial charge in [0.1, 0.15) is 11.9 Å². The van der Waals surface area contributed by atoms with Crippen molar-refractivity contribution in [3.8, 4) is 12.1 Å². The summed E-state index contributed by atoms with van der Waals surface area (Å²) in [7, 11) is -4.06. The summed E-state index contributed by atoms with van der Waals surface area (Å²) in [5.41, 5.74) is 1.10. The Hall–Kier alpha value is -3.16. The minimum Gasteiger partial charge on any atom is -0.314 e. The van der Waals surface area contributed by atoms with E-state index in [1.807, 2.05) is 6.07 Å². The van der Waals surface area contributed by atoms with Crippen LogP contribution in [-0.2, 0) is 9.84 Å². The van der Waals surface area contributed by atoms with Crippen LogP contribution in [0, 0.1) is 28.5 Å². The summed E-state index contributed by atoms with van der Waals surface area (Å²) in [6, 6.07) is 13.4. The quantitative estimate of drug-likeness (QED) is 0.804. The molecule has 1 aliphatic heterocycles. The molecule has 0 saturated carbocycles. The van der Waals surface area contributed by atoms with Crippen LogP contribution in [0.25, 0.3) is 0 Å². The minimum atomic E-state index is -4.06. The van der Waals surface area contributed by atoms with Gasteiger partial charge >= 0.3 is 0 Å². The van der Waals surface area contributed by atoms with Gasteiger partial charge in [-0.1, -0.05) is 6.07 Å². The number of fused-ring (bicyclic) bond motifs is 1. The van der Waals surface area contributed by atoms with Gasteiger partial charge in [-0.3, -0.25) is 0 Å². The maximum Gasteiger partial charge on any atom is 0.220 e. The van der Waals surface area contributed by atoms with Crippen molar-refractivity contribution in [2.75, 3.05) is 4.90 Å². The Labute approximate surface area is 132 Å². The van der Waals surface area contributed by atoms with Crippen LogP contribution in [0.1, 0.15) is 5.56 Å². The number of nitrogens with zero attached hydrogens (tertiary/aromatic N) is 3. The number of nitriles is 2. The van der Waals surface area contributed by atoms with Gasteiger partial charge < -0.3 is 4.90 Å². The van der Waals surface area contributed by atoms with Crippen LogP contribution in [0.4, 0.5) is 15.8 Å². The number of allylic oxidation sites excluding steroid dienone is 1. The highest BCUT2D eigenvalue weighted by Crippen LogP contribution is 2.39. The Bertz CT molecular complexity index is 1030. The lowest BCUT2D eigenvalue weighted by molar-refractivity contribution is 0.596. The summed E-state index contributed by atoms with van der Waals surface area (Å²) in [5, 5.41) is 18.1. The van der Waals surface area contributed by atoms with Crippen molar-refractivity contribution in [3.05, 3.63) is 65.0 Å². The highest BCUT2D eigenvalue weighted by Gasteiger charge is 2.32. The molecule has 0 aromatic heterocycles. The molecule has 1 aliphatic rings. The van der Waals surface area contributed by atoms with Crippen LogP contribution in [0.15, 0.2) is 58.5 Å². The fourth-order valence-electron chi connectivity index (χ4n) is 2.30. The smallest absolute Gasteiger partial charge is 0.220 e. The first-order chi connectivity index (χ1) is 11.0. The lowest BCUT2D eigenvalue weighted by atomic mass is 10.2. The first kappa shape index (κ1) is 14.8. The molecule has 5 nitrogen and oxygen atoms in total. The first-order valence-corrected chi connectivity index (χ1v) is 7.91. The molecule has 0 bridgehead atoms. The number of hydrogen-bond acceptors (Lipinski definition) is 5. The molecule has 0 unspecified atom stereocenters. The van der Waals surface area contributed by atoms with Crippen LogP contribution < -0.4 is 4.90 Å². The molecule has 23 heavy (non-hydrogen) atoms. The number of hydrogen-bond donors (Lipinski definition) is 0. The van der Waals surface area contributed by atoms with Crippen molar-refractivity contribution in [1.82, 2.24) is 0 Å². The summed E-state index contributed by atoms with van der Waals surface area (Å²) in [6.07, 6.45) is 1.17. The van der Waals surface area contributed by atoms with E-state index < -0.39 is 20.6 Å². The van der Waals surface area contributed by atoms with Gasteiger partial charge in [0.25, 0.3) is 0 Å². The Morgan fingerprint density at radius 2 is 1.83 bits per heavy atom. The van der Waals surface area contributed by atoms with Crippen molar-refractivity contribution in [3.63, 3.8) is 0 Å². The zero-order valence-electron chi connectivity index (χ0n) is 11.6. The Balaban J connectivity index is 2.30. The molecular formula is C16H8FN3O2S. The third-order valence-corrected chi connectivity index (χ3v) is 5.05. The molecule has 0 fully saturated rings. The van der Waals surface area contributed by atoms with E-state index in [4.69, 9.17) is 10.5 Å². The Morgan fingerprint density at radius 3 is 2.52 bits per heavy atom. The molecule has 3 rings (SSSR count). The molecule has 0 saturated heterocycles. The third kappa shape index (κ3) is 2.33. The fourth-order valence-corrected chi connectivity index (χ4v) is 3.62. The van der Waals surface area contributed by atoms with Gasteiger partial charge in [-0.15, -0.1) is 0 Å². The SMILES string of the molecule is N#CC1=CN(c2cccc(C#N)c2)c2ccc(F)cc2S1(=O)=O. The van der Waals surface area contributed by atoms with Gasteiger partial charge in [0.2, 0.25) is 9.84 Å². The zero-order valence-corrected chi connectivity index (χ0v) is 12.4. The van der Waals surface area contributed by atoms with Crippen LogP contribution >= 0.6 is 0 Å². The Kier molecular flexibility index (Phi) is 3.36. The molecule has 1 heterocycles. The van der Waals surface area contributed by atoms with E-state index in [1.165, 1.54) is 17.2 Å². The normalized spacial score (nSPS) is 15.1. The number of anilines is 2. The number of benzene rings is 2. The molecule has 0 atom stereocenters. The van der Waals surface area contributed by atoms with Crippen molar-refractivity contribution in [2.45, 2.75) is 4.90 Å². The van der Waals surface area contributed by atoms with Crippen molar-refractivity contribution < 1.29 is 12.8 Å². The molecule has 7 heteroatoms. The zero-order chi connectivity index (χ0) is 16.6. The Morgan fingerprint density at radius 1 is 1.04 bits per heavy atom. The maximum atomic E-state index is 13.5. The van der Waals surface area contributed by atoms with Crippen LogP contribution in [0.2, 0.25) is 0 Å². The lowest BCUT2D eigenvalue weighted by Crippen LogP contribution is -2.21. The summed E-state index contributed by atoms with van der Waals surface area (Å²) in [6.45, 7) is 0. The second kappa shape index (κ2) is 5.24. The lowest BCUT2D eigenvalue weighted by Gasteiger charge is -2.27. The molecular weight excluding hydrogens is 317 g/mol. The maximum absolute atomic E-state index is 13.5. The molecule has 0 N–H and O–H groups in total. The molecule has 0 spiro atoms. The van der Waals surface area contributed by atoms with E-state index in [0.29, 0.717) is 11.3 Å². The average molecular weight is 325 g/mol. The van der Waals surface area contributed by atoms with E-state index in [-0.39, 0.29) is 10.6 Å². The largest absolute Gasteiger partial charge is 0.314 e. The van der Waals surface area contributed by atoms with Gasteiger partial charge in [-0.2, -0.15) is 10.5 Å². The van der Waals surface area contributed by atoms with E-state index in [2.05, 4.69) is 0 Å². The number of rotatable bonds is 1. The standard InChI is InChI=1S/C16H8FN3O2S/c17-12-4-5-15-16(7-12)23(21,22)14(9-19)10-20(15)13-3-1-2-11(6-13)8-18/h1-7,10H. The summed E-state index contributed by atoms with van der Waals surface area (Å²) >= 11 is 0. The van der Waals surface area contributed by atoms with Gasteiger partial charge in [0.15, 0.2) is 4.91 Å². The summed E-state index contributed by atoms with van der Waals surface area (Å²) < 4.78 is 38.2. The van der Waals surface area contributed by atoms with Crippen molar-refractivity contribution >= 4 is 21.2 Å². The van der Waals surface area contributed by atoms with E-state index >= 15 is 0 Å². The van der Waals surface area contributed by atoms with Crippen LogP contribution in [0.3, 0.4) is 0 Å². The monoisotopic (exact) mass is 325 g/mol. The van der Waals surface area contributed by atoms with Gasteiger partial charge in [-0.25, -0.2) is 12.8 Å². The highest BCUT2D eigenvalue weighted by atomic mass is 32.2. The van der Waals surface area contributed by atoms with Crippen LogP contribution in [0.5, 0.6) is 0 Å². The van der Waals surface area contributed by atoms with E-state index in [1.54, 1.807) is 30.3 Å². The molecule has 2 aromatic carbocycles. The third-order valence-electron chi connectivity index (χ3n) is 3.37. The molecule has 112 valence electrons. The molecule has 2 aromatic rings. The number of halogens is 1. The second-order valence-corrected chi connectivity index (χ2v) is 6.64. The number of sulfone groups is 1. The van der Waals surface area contributed by atoms with Crippen molar-refractivity contribution in [1.29, 1.82) is 10.5 Å². The fraction of sp³-hybridized carbons (Fsp3) is 0. The van der Waals surface area contributed by atoms with E-state index in [0.717, 1.165) is 12.1 Å². The average Bonchev–Trinajstić information content (AvgIpc) is 2.55. The summed E-state index contributed by atoms with van der Waals surface area (Å²) in [4.78, 5) is 0.687. The predicted octanol–water partition coefficient (Wildman–Crippen LogP) is 2.99. The van der Waals surface area contributed by atoms with Crippen LogP contribution in [-0.4, -0.2) is 8.42 Å². The van der Waals surface area contributed by atoms with Crippen molar-refractivity contribution in [2.24, 2.45) is 0 Å². The first-order valence-electron chi connectivity index (χ1n) is 6.43. The van der Waals surface area contributed by atoms with E-state index in [9.17, 15) is 12.8 Å².